The molecular formula is C16H23NO3. The minimum Gasteiger partial charge on any atom is -0.495 e. The number of ether oxygens (including phenoxy) is 1. The predicted molar refractivity (Wildman–Crippen MR) is 79.6 cm³/mol. The van der Waals surface area contributed by atoms with Gasteiger partial charge in [0.05, 0.1) is 18.4 Å². The quantitative estimate of drug-likeness (QED) is 0.862. The molecule has 0 aromatic heterocycles. The van der Waals surface area contributed by atoms with Gasteiger partial charge < -0.3 is 15.2 Å². The first-order valence-electron chi connectivity index (χ1n) is 7.25. The zero-order chi connectivity index (χ0) is 14.5. The first-order chi connectivity index (χ1) is 9.60. The Morgan fingerprint density at radius 2 is 2.05 bits per heavy atom. The maximum absolute atomic E-state index is 11.0. The maximum Gasteiger partial charge on any atom is 0.335 e. The van der Waals surface area contributed by atoms with Crippen LogP contribution in [0.4, 0.5) is 5.69 Å². The minimum atomic E-state index is -0.915. The number of benzene rings is 1. The molecule has 1 aromatic rings. The highest BCUT2D eigenvalue weighted by Gasteiger charge is 2.18. The summed E-state index contributed by atoms with van der Waals surface area (Å²) >= 11 is 0. The zero-order valence-corrected chi connectivity index (χ0v) is 12.2. The molecule has 0 unspecified atom stereocenters. The Morgan fingerprint density at radius 3 is 2.65 bits per heavy atom. The van der Waals surface area contributed by atoms with Crippen molar-refractivity contribution in [2.75, 3.05) is 19.0 Å². The lowest BCUT2D eigenvalue weighted by molar-refractivity contribution is 0.0697. The van der Waals surface area contributed by atoms with Gasteiger partial charge in [-0.25, -0.2) is 4.79 Å². The third-order valence-electron chi connectivity index (χ3n) is 4.16. The number of hydrogen-bond donors (Lipinski definition) is 2. The Kier molecular flexibility index (Phi) is 4.88. The number of aromatic carboxylic acids is 1. The lowest BCUT2D eigenvalue weighted by Crippen LogP contribution is -2.20. The molecule has 1 fully saturated rings. The third-order valence-corrected chi connectivity index (χ3v) is 4.16. The van der Waals surface area contributed by atoms with Crippen molar-refractivity contribution in [1.29, 1.82) is 0 Å². The molecule has 0 aliphatic heterocycles. The zero-order valence-electron chi connectivity index (χ0n) is 12.2. The molecule has 4 nitrogen and oxygen atoms in total. The van der Waals surface area contributed by atoms with E-state index >= 15 is 0 Å². The van der Waals surface area contributed by atoms with E-state index in [9.17, 15) is 4.79 Å². The van der Waals surface area contributed by atoms with Crippen molar-refractivity contribution in [3.05, 3.63) is 23.8 Å². The third kappa shape index (κ3) is 3.65. The highest BCUT2D eigenvalue weighted by atomic mass is 16.5. The van der Waals surface area contributed by atoms with Crippen molar-refractivity contribution in [3.8, 4) is 5.75 Å². The topological polar surface area (TPSA) is 58.6 Å². The minimum absolute atomic E-state index is 0.283. The van der Waals surface area contributed by atoms with E-state index in [1.165, 1.54) is 25.7 Å². The smallest absolute Gasteiger partial charge is 0.335 e. The van der Waals surface area contributed by atoms with E-state index in [2.05, 4.69) is 12.2 Å². The van der Waals surface area contributed by atoms with Crippen LogP contribution in [0.1, 0.15) is 43.0 Å². The average Bonchev–Trinajstić information content (AvgIpc) is 2.46. The number of carboxylic acid groups (broad SMARTS) is 1. The molecule has 1 aliphatic rings. The Hall–Kier alpha value is -1.71. The number of rotatable bonds is 5. The molecule has 110 valence electrons. The molecule has 1 aromatic carbocycles. The molecule has 0 bridgehead atoms. The van der Waals surface area contributed by atoms with Crippen LogP contribution in [0.3, 0.4) is 0 Å². The van der Waals surface area contributed by atoms with Gasteiger partial charge in [-0.1, -0.05) is 19.8 Å². The molecule has 2 rings (SSSR count). The van der Waals surface area contributed by atoms with Gasteiger partial charge in [-0.2, -0.15) is 0 Å². The van der Waals surface area contributed by atoms with Gasteiger partial charge in [-0.05, 0) is 42.9 Å². The van der Waals surface area contributed by atoms with E-state index in [4.69, 9.17) is 9.84 Å². The molecule has 0 heterocycles. The van der Waals surface area contributed by atoms with Gasteiger partial charge in [0.2, 0.25) is 0 Å². The van der Waals surface area contributed by atoms with Crippen LogP contribution < -0.4 is 10.1 Å². The van der Waals surface area contributed by atoms with E-state index in [0.29, 0.717) is 11.7 Å². The van der Waals surface area contributed by atoms with Crippen LogP contribution in [0.5, 0.6) is 5.75 Å². The summed E-state index contributed by atoms with van der Waals surface area (Å²) in [6.07, 6.45) is 5.07. The van der Waals surface area contributed by atoms with E-state index in [0.717, 1.165) is 18.2 Å². The van der Waals surface area contributed by atoms with E-state index < -0.39 is 5.97 Å². The number of carboxylic acids is 1. The average molecular weight is 277 g/mol. The molecule has 0 radical (unpaired) electrons. The summed E-state index contributed by atoms with van der Waals surface area (Å²) in [5, 5.41) is 12.4. The summed E-state index contributed by atoms with van der Waals surface area (Å²) in [6, 6.07) is 4.91. The van der Waals surface area contributed by atoms with Crippen molar-refractivity contribution in [2.45, 2.75) is 32.6 Å². The number of methoxy groups -OCH3 is 1. The monoisotopic (exact) mass is 277 g/mol. The van der Waals surface area contributed by atoms with Crippen molar-refractivity contribution >= 4 is 11.7 Å². The fourth-order valence-electron chi connectivity index (χ4n) is 2.77. The molecule has 0 spiro atoms. The van der Waals surface area contributed by atoms with E-state index in [1.807, 2.05) is 0 Å². The number of hydrogen-bond acceptors (Lipinski definition) is 3. The second-order valence-electron chi connectivity index (χ2n) is 5.73. The van der Waals surface area contributed by atoms with Crippen molar-refractivity contribution in [1.82, 2.24) is 0 Å². The van der Waals surface area contributed by atoms with E-state index in [1.54, 1.807) is 25.3 Å². The molecule has 0 amide bonds. The Balaban J connectivity index is 2.00. The van der Waals surface area contributed by atoms with Crippen molar-refractivity contribution in [2.24, 2.45) is 11.8 Å². The Morgan fingerprint density at radius 1 is 1.35 bits per heavy atom. The highest BCUT2D eigenvalue weighted by molar-refractivity contribution is 5.89. The Bertz CT molecular complexity index is 465. The molecular weight excluding hydrogens is 254 g/mol. The number of anilines is 1. The largest absolute Gasteiger partial charge is 0.495 e. The van der Waals surface area contributed by atoms with Crippen LogP contribution in [-0.2, 0) is 0 Å². The fourth-order valence-corrected chi connectivity index (χ4v) is 2.77. The lowest BCUT2D eigenvalue weighted by Gasteiger charge is -2.26. The SMILES string of the molecule is COc1ccc(C(=O)O)cc1NCC1CCC(C)CC1. The molecule has 0 atom stereocenters. The summed E-state index contributed by atoms with van der Waals surface area (Å²) in [5.74, 6) is 1.29. The van der Waals surface area contributed by atoms with Crippen LogP contribution in [0.25, 0.3) is 0 Å². The van der Waals surface area contributed by atoms with Gasteiger partial charge in [-0.3, -0.25) is 0 Å². The summed E-state index contributed by atoms with van der Waals surface area (Å²) in [5.41, 5.74) is 1.05. The van der Waals surface area contributed by atoms with Gasteiger partial charge in [0, 0.05) is 6.54 Å². The van der Waals surface area contributed by atoms with Crippen LogP contribution in [-0.4, -0.2) is 24.7 Å². The van der Waals surface area contributed by atoms with Crippen LogP contribution >= 0.6 is 0 Å². The highest BCUT2D eigenvalue weighted by Crippen LogP contribution is 2.30. The second-order valence-corrected chi connectivity index (χ2v) is 5.73. The van der Waals surface area contributed by atoms with Gasteiger partial charge in [-0.15, -0.1) is 0 Å². The maximum atomic E-state index is 11.0. The van der Waals surface area contributed by atoms with Crippen molar-refractivity contribution in [3.63, 3.8) is 0 Å². The number of nitrogens with one attached hydrogen (secondary N) is 1. The normalized spacial score (nSPS) is 22.3. The predicted octanol–water partition coefficient (Wildman–Crippen LogP) is 3.63. The summed E-state index contributed by atoms with van der Waals surface area (Å²) in [6.45, 7) is 3.19. The van der Waals surface area contributed by atoms with Crippen LogP contribution in [0.2, 0.25) is 0 Å². The molecule has 20 heavy (non-hydrogen) atoms. The van der Waals surface area contributed by atoms with E-state index in [-0.39, 0.29) is 5.56 Å². The van der Waals surface area contributed by atoms with Gasteiger partial charge in [0.1, 0.15) is 5.75 Å². The van der Waals surface area contributed by atoms with Crippen LogP contribution in [0.15, 0.2) is 18.2 Å². The summed E-state index contributed by atoms with van der Waals surface area (Å²) < 4.78 is 5.28. The second kappa shape index (κ2) is 6.64. The van der Waals surface area contributed by atoms with Crippen LogP contribution in [0, 0.1) is 11.8 Å². The van der Waals surface area contributed by atoms with Gasteiger partial charge in [0.15, 0.2) is 0 Å². The molecule has 1 aliphatic carbocycles. The standard InChI is InChI=1S/C16H23NO3/c1-11-3-5-12(6-4-11)10-17-14-9-13(16(18)19)7-8-15(14)20-2/h7-9,11-12,17H,3-6,10H2,1-2H3,(H,18,19). The molecule has 1 saturated carbocycles. The molecule has 0 saturated heterocycles. The lowest BCUT2D eigenvalue weighted by atomic mass is 9.83. The first-order valence-corrected chi connectivity index (χ1v) is 7.25. The molecule has 4 heteroatoms. The first kappa shape index (κ1) is 14.7. The molecule has 2 N–H and O–H groups in total. The Labute approximate surface area is 120 Å². The summed E-state index contributed by atoms with van der Waals surface area (Å²) in [4.78, 5) is 11.0. The summed E-state index contributed by atoms with van der Waals surface area (Å²) in [7, 11) is 1.60. The van der Waals surface area contributed by atoms with Gasteiger partial charge >= 0.3 is 5.97 Å². The van der Waals surface area contributed by atoms with Crippen molar-refractivity contribution < 1.29 is 14.6 Å². The van der Waals surface area contributed by atoms with Gasteiger partial charge in [0.25, 0.3) is 0 Å². The fraction of sp³-hybridized carbons (Fsp3) is 0.562. The number of carbonyl (C=O) groups is 1.